The van der Waals surface area contributed by atoms with Crippen molar-refractivity contribution in [3.05, 3.63) is 65.0 Å². The van der Waals surface area contributed by atoms with E-state index < -0.39 is 6.10 Å². The van der Waals surface area contributed by atoms with Gasteiger partial charge in [-0.25, -0.2) is 4.39 Å². The molecule has 25 heavy (non-hydrogen) atoms. The molecule has 3 N–H and O–H groups in total. The molecule has 1 amide bonds. The van der Waals surface area contributed by atoms with Crippen molar-refractivity contribution in [3.8, 4) is 0 Å². The van der Waals surface area contributed by atoms with Crippen LogP contribution in [0.1, 0.15) is 40.4 Å². The number of halogens is 1. The number of aliphatic hydroxyl groups is 1. The van der Waals surface area contributed by atoms with Gasteiger partial charge in [-0.3, -0.25) is 4.79 Å². The summed E-state index contributed by atoms with van der Waals surface area (Å²) in [6, 6.07) is 11.3. The molecular formula is C20H23FN2O2. The smallest absolute Gasteiger partial charge is 0.253 e. The van der Waals surface area contributed by atoms with Crippen LogP contribution in [0.3, 0.4) is 0 Å². The Morgan fingerprint density at radius 1 is 1.20 bits per heavy atom. The van der Waals surface area contributed by atoms with Crippen molar-refractivity contribution in [1.82, 2.24) is 4.90 Å². The zero-order valence-corrected chi connectivity index (χ0v) is 14.3. The molecule has 1 unspecified atom stereocenters. The van der Waals surface area contributed by atoms with Crippen LogP contribution in [0.5, 0.6) is 0 Å². The van der Waals surface area contributed by atoms with Crippen LogP contribution in [-0.4, -0.2) is 29.0 Å². The molecule has 2 aromatic rings. The number of rotatable bonds is 3. The first-order valence-electron chi connectivity index (χ1n) is 8.54. The minimum atomic E-state index is -0.632. The minimum Gasteiger partial charge on any atom is -0.398 e. The molecule has 0 bridgehead atoms. The maximum atomic E-state index is 13.0. The van der Waals surface area contributed by atoms with Gasteiger partial charge in [0.25, 0.3) is 5.91 Å². The number of nitrogen functional groups attached to an aromatic ring is 1. The van der Waals surface area contributed by atoms with E-state index in [0.717, 1.165) is 11.1 Å². The van der Waals surface area contributed by atoms with E-state index >= 15 is 0 Å². The monoisotopic (exact) mass is 342 g/mol. The predicted molar refractivity (Wildman–Crippen MR) is 95.6 cm³/mol. The molecule has 132 valence electrons. The summed E-state index contributed by atoms with van der Waals surface area (Å²) in [5.41, 5.74) is 8.79. The second-order valence-corrected chi connectivity index (χ2v) is 6.70. The zero-order valence-electron chi connectivity index (χ0n) is 14.3. The van der Waals surface area contributed by atoms with Crippen LogP contribution in [0.25, 0.3) is 0 Å². The van der Waals surface area contributed by atoms with Gasteiger partial charge in [0.2, 0.25) is 0 Å². The van der Waals surface area contributed by atoms with Crippen LogP contribution in [0, 0.1) is 18.7 Å². The maximum absolute atomic E-state index is 13.0. The fourth-order valence-corrected chi connectivity index (χ4v) is 3.31. The number of aryl methyl sites for hydroxylation is 1. The van der Waals surface area contributed by atoms with Crippen molar-refractivity contribution < 1.29 is 14.3 Å². The molecule has 0 aromatic heterocycles. The average molecular weight is 342 g/mol. The van der Waals surface area contributed by atoms with Gasteiger partial charge in [-0.05, 0) is 61.1 Å². The predicted octanol–water partition coefficient (Wildman–Crippen LogP) is 3.30. The van der Waals surface area contributed by atoms with Crippen molar-refractivity contribution in [2.75, 3.05) is 18.8 Å². The topological polar surface area (TPSA) is 66.6 Å². The highest BCUT2D eigenvalue weighted by molar-refractivity contribution is 5.95. The van der Waals surface area contributed by atoms with Gasteiger partial charge in [0.05, 0.1) is 6.10 Å². The van der Waals surface area contributed by atoms with Crippen molar-refractivity contribution in [1.29, 1.82) is 0 Å². The van der Waals surface area contributed by atoms with Gasteiger partial charge in [-0.2, -0.15) is 0 Å². The van der Waals surface area contributed by atoms with Gasteiger partial charge in [-0.1, -0.05) is 18.2 Å². The summed E-state index contributed by atoms with van der Waals surface area (Å²) in [4.78, 5) is 14.4. The lowest BCUT2D eigenvalue weighted by molar-refractivity contribution is 0.0462. The summed E-state index contributed by atoms with van der Waals surface area (Å²) in [5.74, 6) is -0.271. The second-order valence-electron chi connectivity index (χ2n) is 6.70. The molecule has 1 fully saturated rings. The Balaban J connectivity index is 1.62. The Hall–Kier alpha value is -2.40. The molecule has 4 nitrogen and oxygen atoms in total. The summed E-state index contributed by atoms with van der Waals surface area (Å²) in [6.07, 6.45) is 0.796. The molecule has 1 saturated heterocycles. The number of carbonyl (C=O) groups is 1. The Labute approximate surface area is 147 Å². The van der Waals surface area contributed by atoms with E-state index in [1.54, 1.807) is 29.2 Å². The van der Waals surface area contributed by atoms with Crippen LogP contribution in [0.2, 0.25) is 0 Å². The fraction of sp³-hybridized carbons (Fsp3) is 0.350. The third-order valence-electron chi connectivity index (χ3n) is 5.01. The molecule has 3 rings (SSSR count). The van der Waals surface area contributed by atoms with E-state index in [-0.39, 0.29) is 17.6 Å². The number of carbonyl (C=O) groups excluding carboxylic acids is 1. The largest absolute Gasteiger partial charge is 0.398 e. The minimum absolute atomic E-state index is 0.0265. The number of nitrogens with two attached hydrogens (primary N) is 1. The summed E-state index contributed by atoms with van der Waals surface area (Å²) >= 11 is 0. The second kappa shape index (κ2) is 7.23. The van der Waals surface area contributed by atoms with Gasteiger partial charge in [-0.15, -0.1) is 0 Å². The zero-order chi connectivity index (χ0) is 18.0. The fourth-order valence-electron chi connectivity index (χ4n) is 3.31. The van der Waals surface area contributed by atoms with Crippen LogP contribution >= 0.6 is 0 Å². The van der Waals surface area contributed by atoms with Gasteiger partial charge in [0.1, 0.15) is 5.82 Å². The average Bonchev–Trinajstić information content (AvgIpc) is 2.63. The lowest BCUT2D eigenvalue weighted by Gasteiger charge is -2.34. The SMILES string of the molecule is Cc1ccc(C(=O)N2CCC(C(O)c3ccc(F)cc3)CC2)cc1N. The number of aliphatic hydroxyl groups excluding tert-OH is 1. The number of amides is 1. The first-order valence-corrected chi connectivity index (χ1v) is 8.54. The normalized spacial score (nSPS) is 16.7. The number of likely N-dealkylation sites (tertiary alicyclic amines) is 1. The van der Waals surface area contributed by atoms with E-state index in [1.807, 2.05) is 13.0 Å². The highest BCUT2D eigenvalue weighted by atomic mass is 19.1. The van der Waals surface area contributed by atoms with Crippen molar-refractivity contribution in [2.24, 2.45) is 5.92 Å². The molecule has 1 atom stereocenters. The summed E-state index contributed by atoms with van der Waals surface area (Å²) < 4.78 is 13.0. The van der Waals surface area contributed by atoms with Crippen LogP contribution in [0.15, 0.2) is 42.5 Å². The molecule has 2 aromatic carbocycles. The molecule has 0 aliphatic carbocycles. The quantitative estimate of drug-likeness (QED) is 0.841. The third-order valence-corrected chi connectivity index (χ3v) is 5.01. The van der Waals surface area contributed by atoms with Crippen molar-refractivity contribution in [3.63, 3.8) is 0 Å². The first-order chi connectivity index (χ1) is 12.0. The Bertz CT molecular complexity index is 753. The number of anilines is 1. The number of hydrogen-bond acceptors (Lipinski definition) is 3. The Morgan fingerprint density at radius 2 is 1.84 bits per heavy atom. The number of nitrogens with zero attached hydrogens (tertiary/aromatic N) is 1. The number of piperidine rings is 1. The maximum Gasteiger partial charge on any atom is 0.253 e. The highest BCUT2D eigenvalue weighted by Gasteiger charge is 2.28. The highest BCUT2D eigenvalue weighted by Crippen LogP contribution is 2.31. The van der Waals surface area contributed by atoms with E-state index in [4.69, 9.17) is 5.73 Å². The molecule has 1 aliphatic heterocycles. The van der Waals surface area contributed by atoms with E-state index in [1.165, 1.54) is 12.1 Å². The number of benzene rings is 2. The third kappa shape index (κ3) is 3.82. The van der Waals surface area contributed by atoms with Gasteiger partial charge < -0.3 is 15.7 Å². The van der Waals surface area contributed by atoms with Gasteiger partial charge in [0.15, 0.2) is 0 Å². The molecule has 0 spiro atoms. The standard InChI is InChI=1S/C20H23FN2O2/c1-13-2-3-16(12-18(13)22)20(25)23-10-8-15(9-11-23)19(24)14-4-6-17(21)7-5-14/h2-7,12,15,19,24H,8-11,22H2,1H3. The molecule has 0 saturated carbocycles. The molecule has 1 aliphatic rings. The summed E-state index contributed by atoms with van der Waals surface area (Å²) in [7, 11) is 0. The van der Waals surface area contributed by atoms with E-state index in [9.17, 15) is 14.3 Å². The van der Waals surface area contributed by atoms with Crippen molar-refractivity contribution >= 4 is 11.6 Å². The lowest BCUT2D eigenvalue weighted by atomic mass is 9.87. The van der Waals surface area contributed by atoms with Crippen LogP contribution in [-0.2, 0) is 0 Å². The number of hydrogen-bond donors (Lipinski definition) is 2. The van der Waals surface area contributed by atoms with E-state index in [0.29, 0.717) is 37.2 Å². The summed E-state index contributed by atoms with van der Waals surface area (Å²) in [5, 5.41) is 10.5. The van der Waals surface area contributed by atoms with Crippen molar-refractivity contribution in [2.45, 2.75) is 25.9 Å². The summed E-state index contributed by atoms with van der Waals surface area (Å²) in [6.45, 7) is 3.09. The molecule has 0 radical (unpaired) electrons. The Kier molecular flexibility index (Phi) is 5.04. The van der Waals surface area contributed by atoms with E-state index in [2.05, 4.69) is 0 Å². The molecule has 1 heterocycles. The molecule has 5 heteroatoms. The lowest BCUT2D eigenvalue weighted by Crippen LogP contribution is -2.39. The van der Waals surface area contributed by atoms with Crippen LogP contribution < -0.4 is 5.73 Å². The van der Waals surface area contributed by atoms with Crippen LogP contribution in [0.4, 0.5) is 10.1 Å². The Morgan fingerprint density at radius 3 is 2.44 bits per heavy atom. The van der Waals surface area contributed by atoms with Gasteiger partial charge >= 0.3 is 0 Å². The van der Waals surface area contributed by atoms with Gasteiger partial charge in [0, 0.05) is 24.3 Å². The molecular weight excluding hydrogens is 319 g/mol. The first kappa shape index (κ1) is 17.4.